The van der Waals surface area contributed by atoms with Gasteiger partial charge in [-0.1, -0.05) is 30.3 Å². The molecule has 0 radical (unpaired) electrons. The second-order valence-electron chi connectivity index (χ2n) is 13.9. The van der Waals surface area contributed by atoms with Gasteiger partial charge in [-0.15, -0.1) is 0 Å². The lowest BCUT2D eigenvalue weighted by atomic mass is 9.74. The SMILES string of the molecule is COc1ccc(C2CCC(C(NC(=O)C3CCC(NC(=O)OC(C)C)CC3)c3cccc(-c4cnn(C(C)C)c4)c3)CC2)cc1C. The van der Waals surface area contributed by atoms with Gasteiger partial charge in [-0.2, -0.15) is 5.10 Å². The van der Waals surface area contributed by atoms with Gasteiger partial charge in [-0.3, -0.25) is 9.48 Å². The van der Waals surface area contributed by atoms with Crippen LogP contribution in [0.5, 0.6) is 5.75 Å². The zero-order chi connectivity index (χ0) is 32.8. The molecular formula is C38H52N4O4. The average molecular weight is 629 g/mol. The Morgan fingerprint density at radius 1 is 0.913 bits per heavy atom. The molecule has 1 heterocycles. The number of amides is 2. The van der Waals surface area contributed by atoms with Crippen molar-refractivity contribution < 1.29 is 19.1 Å². The van der Waals surface area contributed by atoms with Crippen LogP contribution in [0.25, 0.3) is 11.1 Å². The summed E-state index contributed by atoms with van der Waals surface area (Å²) in [6.45, 7) is 10.1. The third-order valence-electron chi connectivity index (χ3n) is 9.90. The fourth-order valence-electron chi connectivity index (χ4n) is 7.28. The molecule has 1 unspecified atom stereocenters. The predicted octanol–water partition coefficient (Wildman–Crippen LogP) is 8.27. The number of benzene rings is 2. The molecule has 1 aromatic heterocycles. The van der Waals surface area contributed by atoms with Crippen molar-refractivity contribution in [2.75, 3.05) is 7.11 Å². The molecular weight excluding hydrogens is 576 g/mol. The van der Waals surface area contributed by atoms with E-state index >= 15 is 0 Å². The lowest BCUT2D eigenvalue weighted by Crippen LogP contribution is -2.43. The average Bonchev–Trinajstić information content (AvgIpc) is 3.55. The van der Waals surface area contributed by atoms with Crippen molar-refractivity contribution in [3.8, 4) is 16.9 Å². The maximum absolute atomic E-state index is 13.9. The highest BCUT2D eigenvalue weighted by Crippen LogP contribution is 2.42. The van der Waals surface area contributed by atoms with E-state index in [1.54, 1.807) is 7.11 Å². The molecule has 5 rings (SSSR count). The topological polar surface area (TPSA) is 94.5 Å². The summed E-state index contributed by atoms with van der Waals surface area (Å²) in [6, 6.07) is 15.5. The standard InChI is InChI=1S/C38H52N4O4/c1-24(2)42-23-33(22-39-42)30-8-7-9-32(21-30)36(28-12-10-27(11-13-28)31-16-19-35(45-6)26(5)20-31)41-37(43)29-14-17-34(18-15-29)40-38(44)46-25(3)4/h7-9,16,19-25,27-29,34,36H,10-15,17-18H2,1-6H3,(H,40,44)(H,41,43). The fraction of sp³-hybridized carbons (Fsp3) is 0.553. The number of nitrogens with zero attached hydrogens (tertiary/aromatic N) is 2. The Kier molecular flexibility index (Phi) is 11.1. The van der Waals surface area contributed by atoms with Crippen LogP contribution in [0.15, 0.2) is 54.9 Å². The number of methoxy groups -OCH3 is 1. The second-order valence-corrected chi connectivity index (χ2v) is 13.9. The number of alkyl carbamates (subject to hydrolysis) is 1. The molecule has 2 N–H and O–H groups in total. The number of carbonyl (C=O) groups is 2. The van der Waals surface area contributed by atoms with Gasteiger partial charge in [-0.05, 0) is 132 Å². The molecule has 3 aromatic rings. The van der Waals surface area contributed by atoms with E-state index in [0.717, 1.165) is 73.8 Å². The minimum absolute atomic E-state index is 0.0476. The molecule has 2 aliphatic rings. The maximum atomic E-state index is 13.9. The Morgan fingerprint density at radius 3 is 2.28 bits per heavy atom. The number of aromatic nitrogens is 2. The molecule has 2 saturated carbocycles. The molecule has 2 aliphatic carbocycles. The van der Waals surface area contributed by atoms with E-state index < -0.39 is 0 Å². The predicted molar refractivity (Wildman–Crippen MR) is 182 cm³/mol. The molecule has 8 heteroatoms. The monoisotopic (exact) mass is 628 g/mol. The second kappa shape index (κ2) is 15.2. The summed E-state index contributed by atoms with van der Waals surface area (Å²) >= 11 is 0. The summed E-state index contributed by atoms with van der Waals surface area (Å²) in [5.74, 6) is 1.85. The number of carbonyl (C=O) groups excluding carboxylic acids is 2. The normalized spacial score (nSPS) is 22.3. The number of hydrogen-bond acceptors (Lipinski definition) is 5. The molecule has 0 aliphatic heterocycles. The van der Waals surface area contributed by atoms with Crippen LogP contribution in [0.2, 0.25) is 0 Å². The summed E-state index contributed by atoms with van der Waals surface area (Å²) in [6.07, 6.45) is 10.8. The Morgan fingerprint density at radius 2 is 1.65 bits per heavy atom. The van der Waals surface area contributed by atoms with Crippen molar-refractivity contribution in [2.24, 2.45) is 11.8 Å². The zero-order valence-electron chi connectivity index (χ0n) is 28.4. The quantitative estimate of drug-likeness (QED) is 0.236. The van der Waals surface area contributed by atoms with Crippen molar-refractivity contribution >= 4 is 12.0 Å². The van der Waals surface area contributed by atoms with E-state index in [1.807, 2.05) is 24.7 Å². The lowest BCUT2D eigenvalue weighted by Gasteiger charge is -2.36. The Labute approximate surface area is 274 Å². The van der Waals surface area contributed by atoms with Crippen molar-refractivity contribution in [3.63, 3.8) is 0 Å². The van der Waals surface area contributed by atoms with Crippen LogP contribution in [0.3, 0.4) is 0 Å². The summed E-state index contributed by atoms with van der Waals surface area (Å²) in [5.41, 5.74) is 5.90. The van der Waals surface area contributed by atoms with Gasteiger partial charge in [0, 0.05) is 29.8 Å². The lowest BCUT2D eigenvalue weighted by molar-refractivity contribution is -0.127. The van der Waals surface area contributed by atoms with Gasteiger partial charge in [0.25, 0.3) is 0 Å². The van der Waals surface area contributed by atoms with Crippen LogP contribution < -0.4 is 15.4 Å². The first kappa shape index (κ1) is 33.6. The van der Waals surface area contributed by atoms with Crippen LogP contribution in [0.1, 0.15) is 114 Å². The zero-order valence-corrected chi connectivity index (χ0v) is 28.4. The minimum atomic E-state index is -0.373. The van der Waals surface area contributed by atoms with Crippen molar-refractivity contribution in [1.29, 1.82) is 0 Å². The first-order valence-corrected chi connectivity index (χ1v) is 17.2. The van der Waals surface area contributed by atoms with E-state index in [-0.39, 0.29) is 36.1 Å². The summed E-state index contributed by atoms with van der Waals surface area (Å²) in [7, 11) is 1.72. The first-order valence-electron chi connectivity index (χ1n) is 17.2. The summed E-state index contributed by atoms with van der Waals surface area (Å²) in [5, 5.41) is 11.1. The molecule has 0 spiro atoms. The molecule has 2 aromatic carbocycles. The van der Waals surface area contributed by atoms with Crippen molar-refractivity contribution in [3.05, 3.63) is 71.5 Å². The molecule has 1 atom stereocenters. The Balaban J connectivity index is 1.30. The summed E-state index contributed by atoms with van der Waals surface area (Å²) in [4.78, 5) is 26.0. The van der Waals surface area contributed by atoms with E-state index in [0.29, 0.717) is 17.9 Å². The van der Waals surface area contributed by atoms with Gasteiger partial charge >= 0.3 is 6.09 Å². The van der Waals surface area contributed by atoms with Crippen LogP contribution in [0, 0.1) is 18.8 Å². The molecule has 2 amide bonds. The van der Waals surface area contributed by atoms with E-state index in [4.69, 9.17) is 9.47 Å². The number of nitrogens with one attached hydrogen (secondary N) is 2. The van der Waals surface area contributed by atoms with Crippen molar-refractivity contribution in [1.82, 2.24) is 20.4 Å². The summed E-state index contributed by atoms with van der Waals surface area (Å²) < 4.78 is 12.7. The number of aryl methyl sites for hydroxylation is 1. The van der Waals surface area contributed by atoms with Crippen molar-refractivity contribution in [2.45, 2.75) is 116 Å². The maximum Gasteiger partial charge on any atom is 0.407 e. The minimum Gasteiger partial charge on any atom is -0.496 e. The molecule has 0 bridgehead atoms. The number of ether oxygens (including phenoxy) is 2. The van der Waals surface area contributed by atoms with Crippen LogP contribution in [-0.4, -0.2) is 41.0 Å². The van der Waals surface area contributed by atoms with Gasteiger partial charge in [0.1, 0.15) is 5.75 Å². The van der Waals surface area contributed by atoms with Gasteiger partial charge in [0.15, 0.2) is 0 Å². The molecule has 2 fully saturated rings. The molecule has 0 saturated heterocycles. The fourth-order valence-corrected chi connectivity index (χ4v) is 7.28. The third-order valence-corrected chi connectivity index (χ3v) is 9.90. The van der Waals surface area contributed by atoms with E-state index in [2.05, 4.69) is 85.2 Å². The highest BCUT2D eigenvalue weighted by atomic mass is 16.6. The first-order chi connectivity index (χ1) is 22.1. The molecule has 8 nitrogen and oxygen atoms in total. The van der Waals surface area contributed by atoms with Gasteiger partial charge in [-0.25, -0.2) is 4.79 Å². The Bertz CT molecular complexity index is 1460. The van der Waals surface area contributed by atoms with Crippen LogP contribution >= 0.6 is 0 Å². The molecule has 248 valence electrons. The molecule has 46 heavy (non-hydrogen) atoms. The van der Waals surface area contributed by atoms with Crippen LogP contribution in [-0.2, 0) is 9.53 Å². The van der Waals surface area contributed by atoms with Gasteiger partial charge in [0.05, 0.1) is 25.5 Å². The number of rotatable bonds is 10. The van der Waals surface area contributed by atoms with Gasteiger partial charge < -0.3 is 20.1 Å². The highest BCUT2D eigenvalue weighted by molar-refractivity contribution is 5.79. The van der Waals surface area contributed by atoms with E-state index in [9.17, 15) is 9.59 Å². The number of hydrogen-bond donors (Lipinski definition) is 2. The van der Waals surface area contributed by atoms with Gasteiger partial charge in [0.2, 0.25) is 5.91 Å². The third kappa shape index (κ3) is 8.31. The van der Waals surface area contributed by atoms with E-state index in [1.165, 1.54) is 11.1 Å². The Hall–Kier alpha value is -3.81. The largest absolute Gasteiger partial charge is 0.496 e. The highest BCUT2D eigenvalue weighted by Gasteiger charge is 2.34. The smallest absolute Gasteiger partial charge is 0.407 e. The van der Waals surface area contributed by atoms with Crippen LogP contribution in [0.4, 0.5) is 4.79 Å².